The summed E-state index contributed by atoms with van der Waals surface area (Å²) in [5.41, 5.74) is 3.23. The number of methoxy groups -OCH3 is 1. The standard InChI is InChI=1S/C28H33FN4O3/c1-36-21-7-8-22-23(14-21)31-26-24(16-34)33(27(35)30-20-4-2-3-19(29)13-20)17-28(25(22)26)9-11-32(12-10-28)15-18-5-6-18/h2-4,7-8,13-14,18,24,31,34H,5-6,9-12,15-17H2,1H3,(H,30,35)/t24-/m1/s1. The maximum absolute atomic E-state index is 13.8. The molecule has 3 heterocycles. The fourth-order valence-electron chi connectivity index (χ4n) is 6.22. The van der Waals surface area contributed by atoms with E-state index in [0.29, 0.717) is 12.2 Å². The van der Waals surface area contributed by atoms with Gasteiger partial charge in [0.2, 0.25) is 0 Å². The molecule has 0 bridgehead atoms. The van der Waals surface area contributed by atoms with Crippen molar-refractivity contribution >= 4 is 22.6 Å². The van der Waals surface area contributed by atoms with Gasteiger partial charge in [0.1, 0.15) is 11.6 Å². The van der Waals surface area contributed by atoms with Crippen molar-refractivity contribution in [1.82, 2.24) is 14.8 Å². The molecule has 190 valence electrons. The van der Waals surface area contributed by atoms with Crippen LogP contribution in [-0.2, 0) is 5.41 Å². The number of fused-ring (bicyclic) bond motifs is 4. The van der Waals surface area contributed by atoms with Crippen LogP contribution in [0.25, 0.3) is 10.9 Å². The number of hydrogen-bond donors (Lipinski definition) is 3. The summed E-state index contributed by atoms with van der Waals surface area (Å²) in [6.07, 6.45) is 4.55. The molecule has 7 nitrogen and oxygen atoms in total. The Labute approximate surface area is 210 Å². The van der Waals surface area contributed by atoms with Crippen molar-refractivity contribution in [3.63, 3.8) is 0 Å². The minimum atomic E-state index is -0.526. The zero-order valence-electron chi connectivity index (χ0n) is 20.6. The van der Waals surface area contributed by atoms with E-state index in [0.717, 1.165) is 60.7 Å². The molecule has 2 aromatic carbocycles. The van der Waals surface area contributed by atoms with E-state index in [1.807, 2.05) is 12.1 Å². The molecule has 2 aliphatic heterocycles. The number of anilines is 1. The maximum Gasteiger partial charge on any atom is 0.322 e. The van der Waals surface area contributed by atoms with E-state index in [4.69, 9.17) is 4.74 Å². The quantitative estimate of drug-likeness (QED) is 0.485. The lowest BCUT2D eigenvalue weighted by atomic mass is 9.68. The van der Waals surface area contributed by atoms with Gasteiger partial charge in [-0.25, -0.2) is 9.18 Å². The summed E-state index contributed by atoms with van der Waals surface area (Å²) in [7, 11) is 1.65. The molecule has 0 radical (unpaired) electrons. The number of urea groups is 1. The highest BCUT2D eigenvalue weighted by Crippen LogP contribution is 2.49. The number of carbonyl (C=O) groups is 1. The summed E-state index contributed by atoms with van der Waals surface area (Å²) in [5, 5.41) is 14.5. The Kier molecular flexibility index (Phi) is 5.88. The first kappa shape index (κ1) is 23.3. The third kappa shape index (κ3) is 4.12. The smallest absolute Gasteiger partial charge is 0.322 e. The Hall–Kier alpha value is -3.10. The van der Waals surface area contributed by atoms with Crippen molar-refractivity contribution in [3.8, 4) is 5.75 Å². The first-order valence-electron chi connectivity index (χ1n) is 12.9. The molecule has 1 spiro atoms. The molecule has 3 aromatic rings. The number of benzene rings is 2. The number of nitrogens with zero attached hydrogens (tertiary/aromatic N) is 2. The van der Waals surface area contributed by atoms with Crippen LogP contribution in [-0.4, -0.2) is 65.8 Å². The Bertz CT molecular complexity index is 1280. The monoisotopic (exact) mass is 492 g/mol. The highest BCUT2D eigenvalue weighted by atomic mass is 19.1. The van der Waals surface area contributed by atoms with Gasteiger partial charge in [0.15, 0.2) is 0 Å². The van der Waals surface area contributed by atoms with E-state index in [1.54, 1.807) is 24.1 Å². The fraction of sp³-hybridized carbons (Fsp3) is 0.464. The second kappa shape index (κ2) is 9.09. The number of amides is 2. The van der Waals surface area contributed by atoms with Crippen LogP contribution in [0.15, 0.2) is 42.5 Å². The Balaban J connectivity index is 1.39. The summed E-state index contributed by atoms with van der Waals surface area (Å²) in [4.78, 5) is 21.4. The molecule has 2 fully saturated rings. The molecule has 1 atom stereocenters. The second-order valence-corrected chi connectivity index (χ2v) is 10.6. The van der Waals surface area contributed by atoms with E-state index in [2.05, 4.69) is 21.3 Å². The van der Waals surface area contributed by atoms with E-state index in [-0.39, 0.29) is 18.1 Å². The molecular formula is C28H33FN4O3. The van der Waals surface area contributed by atoms with Crippen LogP contribution >= 0.6 is 0 Å². The Morgan fingerprint density at radius 3 is 2.72 bits per heavy atom. The summed E-state index contributed by atoms with van der Waals surface area (Å²) < 4.78 is 19.2. The third-order valence-electron chi connectivity index (χ3n) is 8.28. The van der Waals surface area contributed by atoms with Gasteiger partial charge in [0.25, 0.3) is 0 Å². The van der Waals surface area contributed by atoms with Crippen molar-refractivity contribution in [3.05, 3.63) is 59.5 Å². The van der Waals surface area contributed by atoms with Crippen molar-refractivity contribution in [1.29, 1.82) is 0 Å². The van der Waals surface area contributed by atoms with E-state index in [1.165, 1.54) is 30.5 Å². The first-order chi connectivity index (χ1) is 17.5. The van der Waals surface area contributed by atoms with Crippen LogP contribution in [0.1, 0.15) is 43.0 Å². The van der Waals surface area contributed by atoms with Gasteiger partial charge in [-0.2, -0.15) is 0 Å². The van der Waals surface area contributed by atoms with Crippen molar-refractivity contribution < 1.29 is 19.0 Å². The van der Waals surface area contributed by atoms with Crippen molar-refractivity contribution in [2.75, 3.05) is 45.2 Å². The molecular weight excluding hydrogens is 459 g/mol. The van der Waals surface area contributed by atoms with Crippen LogP contribution in [0.5, 0.6) is 5.75 Å². The van der Waals surface area contributed by atoms with Gasteiger partial charge in [-0.1, -0.05) is 6.07 Å². The molecule has 36 heavy (non-hydrogen) atoms. The minimum absolute atomic E-state index is 0.211. The highest BCUT2D eigenvalue weighted by Gasteiger charge is 2.49. The van der Waals surface area contributed by atoms with E-state index in [9.17, 15) is 14.3 Å². The topological polar surface area (TPSA) is 80.8 Å². The molecule has 0 unspecified atom stereocenters. The fourth-order valence-corrected chi connectivity index (χ4v) is 6.22. The van der Waals surface area contributed by atoms with Crippen molar-refractivity contribution in [2.45, 2.75) is 37.1 Å². The number of piperidine rings is 1. The number of ether oxygens (including phenoxy) is 1. The molecule has 1 saturated carbocycles. The van der Waals surface area contributed by atoms with Crippen LogP contribution < -0.4 is 10.1 Å². The number of rotatable bonds is 5. The number of aromatic amines is 1. The number of aromatic nitrogens is 1. The molecule has 2 amide bonds. The van der Waals surface area contributed by atoms with Crippen LogP contribution in [0.4, 0.5) is 14.9 Å². The van der Waals surface area contributed by atoms with Crippen LogP contribution in [0.2, 0.25) is 0 Å². The number of hydrogen-bond acceptors (Lipinski definition) is 4. The zero-order chi connectivity index (χ0) is 24.9. The summed E-state index contributed by atoms with van der Waals surface area (Å²) >= 11 is 0. The lowest BCUT2D eigenvalue weighted by molar-refractivity contribution is 0.0715. The van der Waals surface area contributed by atoms with Crippen LogP contribution in [0, 0.1) is 11.7 Å². The molecule has 1 aliphatic carbocycles. The minimum Gasteiger partial charge on any atom is -0.497 e. The number of aliphatic hydroxyl groups excluding tert-OH is 1. The highest BCUT2D eigenvalue weighted by molar-refractivity contribution is 5.92. The third-order valence-corrected chi connectivity index (χ3v) is 8.28. The number of aliphatic hydroxyl groups is 1. The van der Waals surface area contributed by atoms with Gasteiger partial charge in [-0.05, 0) is 80.6 Å². The van der Waals surface area contributed by atoms with Gasteiger partial charge in [-0.3, -0.25) is 0 Å². The van der Waals surface area contributed by atoms with E-state index >= 15 is 0 Å². The lowest BCUT2D eigenvalue weighted by Crippen LogP contribution is -2.56. The molecule has 3 N–H and O–H groups in total. The Morgan fingerprint density at radius 1 is 1.22 bits per heavy atom. The molecule has 1 saturated heterocycles. The van der Waals surface area contributed by atoms with Gasteiger partial charge >= 0.3 is 6.03 Å². The number of carbonyl (C=O) groups excluding carboxylic acids is 1. The van der Waals surface area contributed by atoms with Gasteiger partial charge < -0.3 is 29.9 Å². The maximum atomic E-state index is 13.8. The van der Waals surface area contributed by atoms with Crippen LogP contribution in [0.3, 0.4) is 0 Å². The predicted octanol–water partition coefficient (Wildman–Crippen LogP) is 4.64. The second-order valence-electron chi connectivity index (χ2n) is 10.6. The largest absolute Gasteiger partial charge is 0.497 e. The normalized spacial score (nSPS) is 21.5. The zero-order valence-corrected chi connectivity index (χ0v) is 20.6. The predicted molar refractivity (Wildman–Crippen MR) is 137 cm³/mol. The van der Waals surface area contributed by atoms with Gasteiger partial charge in [0.05, 0.1) is 19.8 Å². The summed E-state index contributed by atoms with van der Waals surface area (Å²) in [6.45, 7) is 3.43. The van der Waals surface area contributed by atoms with Crippen molar-refractivity contribution in [2.24, 2.45) is 5.92 Å². The number of likely N-dealkylation sites (tertiary alicyclic amines) is 1. The number of halogens is 1. The molecule has 1 aromatic heterocycles. The molecule has 6 rings (SSSR count). The Morgan fingerprint density at radius 2 is 2.03 bits per heavy atom. The van der Waals surface area contributed by atoms with Gasteiger partial charge in [0, 0.05) is 46.9 Å². The average molecular weight is 493 g/mol. The first-order valence-corrected chi connectivity index (χ1v) is 12.9. The average Bonchev–Trinajstić information content (AvgIpc) is 3.61. The molecule has 3 aliphatic rings. The SMILES string of the molecule is COc1ccc2c3c([nH]c2c1)[C@@H](CO)N(C(=O)Nc1cccc(F)c1)CC31CCN(CC2CC2)CC1. The number of nitrogens with one attached hydrogen (secondary N) is 2. The summed E-state index contributed by atoms with van der Waals surface area (Å²) in [6, 6.07) is 11.1. The number of H-pyrrole nitrogens is 1. The van der Waals surface area contributed by atoms with E-state index < -0.39 is 11.9 Å². The van der Waals surface area contributed by atoms with Gasteiger partial charge in [-0.15, -0.1) is 0 Å². The lowest BCUT2D eigenvalue weighted by Gasteiger charge is -2.50. The molecule has 8 heteroatoms. The summed E-state index contributed by atoms with van der Waals surface area (Å²) in [5.74, 6) is 1.20.